The molecule has 134 valence electrons. The highest BCUT2D eigenvalue weighted by molar-refractivity contribution is 7.19. The number of aryl methyl sites for hydroxylation is 2. The normalized spacial score (nSPS) is 20.3. The van der Waals surface area contributed by atoms with Gasteiger partial charge in [0.2, 0.25) is 0 Å². The highest BCUT2D eigenvalue weighted by Crippen LogP contribution is 2.44. The van der Waals surface area contributed by atoms with E-state index in [4.69, 9.17) is 4.98 Å². The van der Waals surface area contributed by atoms with E-state index in [0.717, 1.165) is 12.3 Å². The van der Waals surface area contributed by atoms with Gasteiger partial charge in [-0.05, 0) is 73.1 Å². The predicted molar refractivity (Wildman–Crippen MR) is 112 cm³/mol. The molecule has 26 heavy (non-hydrogen) atoms. The van der Waals surface area contributed by atoms with Crippen LogP contribution >= 0.6 is 11.3 Å². The number of benzene rings is 1. The summed E-state index contributed by atoms with van der Waals surface area (Å²) in [5, 5.41) is 1.50. The van der Waals surface area contributed by atoms with Gasteiger partial charge in [0.25, 0.3) is 0 Å². The molecule has 2 aliphatic rings. The Kier molecular flexibility index (Phi) is 4.32. The maximum Gasteiger partial charge on any atom is 0.124 e. The molecule has 0 aliphatic heterocycles. The van der Waals surface area contributed by atoms with Gasteiger partial charge in [-0.25, -0.2) is 4.98 Å². The van der Waals surface area contributed by atoms with Crippen molar-refractivity contribution in [1.29, 1.82) is 0 Å². The average molecular weight is 362 g/mol. The van der Waals surface area contributed by atoms with E-state index in [1.165, 1.54) is 78.4 Å². The van der Waals surface area contributed by atoms with Gasteiger partial charge in [0, 0.05) is 16.0 Å². The Morgan fingerprint density at radius 2 is 1.73 bits per heavy atom. The van der Waals surface area contributed by atoms with Gasteiger partial charge in [-0.2, -0.15) is 0 Å². The molecule has 0 fully saturated rings. The van der Waals surface area contributed by atoms with Crippen LogP contribution in [0, 0.1) is 5.92 Å². The van der Waals surface area contributed by atoms with Crippen molar-refractivity contribution in [3.63, 3.8) is 0 Å². The molecule has 2 aliphatic carbocycles. The van der Waals surface area contributed by atoms with Crippen LogP contribution in [0.3, 0.4) is 0 Å². The number of thiophene rings is 1. The number of rotatable bonds is 1. The standard InChI is InChI=1S/C24H27NS/c1-16-13-14-19-21(15-16)26-24-23(19)22(17-9-5-4-6-10-17)18-11-7-2-3-8-12-20(18)25-24/h4-6,9-10,16H,2-3,7-8,11-15H2,1H3. The van der Waals surface area contributed by atoms with E-state index in [0.29, 0.717) is 0 Å². The molecular formula is C24H27NS. The third kappa shape index (κ3) is 2.79. The number of hydrogen-bond donors (Lipinski definition) is 0. The Labute approximate surface area is 160 Å². The molecule has 3 aromatic rings. The summed E-state index contributed by atoms with van der Waals surface area (Å²) in [6.45, 7) is 2.40. The molecule has 1 nitrogen and oxygen atoms in total. The van der Waals surface area contributed by atoms with Crippen LogP contribution in [-0.4, -0.2) is 4.98 Å². The fourth-order valence-electron chi connectivity index (χ4n) is 4.91. The van der Waals surface area contributed by atoms with Crippen molar-refractivity contribution in [2.75, 3.05) is 0 Å². The zero-order valence-corrected chi connectivity index (χ0v) is 16.5. The lowest BCUT2D eigenvalue weighted by molar-refractivity contribution is 0.509. The summed E-state index contributed by atoms with van der Waals surface area (Å²) in [6.07, 6.45) is 11.5. The highest BCUT2D eigenvalue weighted by atomic mass is 32.1. The van der Waals surface area contributed by atoms with Crippen LogP contribution in [0.2, 0.25) is 0 Å². The molecule has 0 N–H and O–H groups in total. The number of aromatic nitrogens is 1. The quantitative estimate of drug-likeness (QED) is 0.467. The van der Waals surface area contributed by atoms with Gasteiger partial charge in [0.1, 0.15) is 4.83 Å². The monoisotopic (exact) mass is 361 g/mol. The van der Waals surface area contributed by atoms with Gasteiger partial charge < -0.3 is 0 Å². The van der Waals surface area contributed by atoms with Crippen LogP contribution in [0.15, 0.2) is 30.3 Å². The smallest absolute Gasteiger partial charge is 0.124 e. The molecular weight excluding hydrogens is 334 g/mol. The first kappa shape index (κ1) is 16.5. The Bertz CT molecular complexity index is 938. The maximum atomic E-state index is 5.25. The summed E-state index contributed by atoms with van der Waals surface area (Å²) >= 11 is 1.99. The lowest BCUT2D eigenvalue weighted by Gasteiger charge is -2.21. The first-order valence-corrected chi connectivity index (χ1v) is 11.1. The minimum atomic E-state index is 0.816. The summed E-state index contributed by atoms with van der Waals surface area (Å²) in [5.41, 5.74) is 7.50. The van der Waals surface area contributed by atoms with Gasteiger partial charge in [-0.3, -0.25) is 0 Å². The topological polar surface area (TPSA) is 12.9 Å². The molecule has 0 amide bonds. The second kappa shape index (κ2) is 6.81. The third-order valence-electron chi connectivity index (χ3n) is 6.28. The van der Waals surface area contributed by atoms with E-state index in [9.17, 15) is 0 Å². The predicted octanol–water partition coefficient (Wildman–Crippen LogP) is 6.75. The fourth-order valence-corrected chi connectivity index (χ4v) is 6.32. The summed E-state index contributed by atoms with van der Waals surface area (Å²) < 4.78 is 0. The molecule has 2 aromatic heterocycles. The molecule has 2 heterocycles. The zero-order chi connectivity index (χ0) is 17.5. The lowest BCUT2D eigenvalue weighted by atomic mass is 9.84. The largest absolute Gasteiger partial charge is 0.242 e. The number of fused-ring (bicyclic) bond motifs is 4. The molecule has 2 heteroatoms. The van der Waals surface area contributed by atoms with Gasteiger partial charge in [-0.15, -0.1) is 11.3 Å². The first-order chi connectivity index (χ1) is 12.8. The van der Waals surface area contributed by atoms with E-state index in [1.54, 1.807) is 16.0 Å². The van der Waals surface area contributed by atoms with E-state index >= 15 is 0 Å². The Morgan fingerprint density at radius 3 is 2.58 bits per heavy atom. The van der Waals surface area contributed by atoms with E-state index in [2.05, 4.69) is 37.3 Å². The highest BCUT2D eigenvalue weighted by Gasteiger charge is 2.26. The minimum absolute atomic E-state index is 0.816. The Hall–Kier alpha value is -1.67. The lowest BCUT2D eigenvalue weighted by Crippen LogP contribution is -2.09. The average Bonchev–Trinajstić information content (AvgIpc) is 2.99. The van der Waals surface area contributed by atoms with Crippen LogP contribution in [0.25, 0.3) is 21.3 Å². The molecule has 0 saturated heterocycles. The van der Waals surface area contributed by atoms with Crippen molar-refractivity contribution >= 4 is 21.6 Å². The molecule has 1 atom stereocenters. The van der Waals surface area contributed by atoms with E-state index in [1.807, 2.05) is 11.3 Å². The third-order valence-corrected chi connectivity index (χ3v) is 7.43. The van der Waals surface area contributed by atoms with Gasteiger partial charge in [-0.1, -0.05) is 50.1 Å². The van der Waals surface area contributed by atoms with E-state index < -0.39 is 0 Å². The molecule has 1 unspecified atom stereocenters. The summed E-state index contributed by atoms with van der Waals surface area (Å²) in [6, 6.07) is 11.1. The molecule has 1 aromatic carbocycles. The molecule has 5 rings (SSSR count). The SMILES string of the molecule is CC1CCc2c(sc3nc4c(c(-c5ccccc5)c23)CCCCCC4)C1. The Balaban J connectivity index is 1.82. The van der Waals surface area contributed by atoms with Crippen LogP contribution in [0.1, 0.15) is 60.7 Å². The molecule has 0 radical (unpaired) electrons. The van der Waals surface area contributed by atoms with Crippen molar-refractivity contribution in [2.24, 2.45) is 5.92 Å². The number of hydrogen-bond acceptors (Lipinski definition) is 2. The first-order valence-electron chi connectivity index (χ1n) is 10.3. The van der Waals surface area contributed by atoms with Crippen molar-refractivity contribution in [3.8, 4) is 11.1 Å². The van der Waals surface area contributed by atoms with Crippen LogP contribution in [0.4, 0.5) is 0 Å². The fraction of sp³-hybridized carbons (Fsp3) is 0.458. The van der Waals surface area contributed by atoms with Gasteiger partial charge in [0.15, 0.2) is 0 Å². The van der Waals surface area contributed by atoms with Gasteiger partial charge in [0.05, 0.1) is 0 Å². The summed E-state index contributed by atoms with van der Waals surface area (Å²) in [5.74, 6) is 0.816. The summed E-state index contributed by atoms with van der Waals surface area (Å²) in [7, 11) is 0. The van der Waals surface area contributed by atoms with Crippen molar-refractivity contribution in [2.45, 2.75) is 64.7 Å². The van der Waals surface area contributed by atoms with Gasteiger partial charge >= 0.3 is 0 Å². The second-order valence-corrected chi connectivity index (χ2v) is 9.31. The number of nitrogens with zero attached hydrogens (tertiary/aromatic N) is 1. The van der Waals surface area contributed by atoms with Crippen LogP contribution < -0.4 is 0 Å². The van der Waals surface area contributed by atoms with Crippen molar-refractivity contribution in [3.05, 3.63) is 52.0 Å². The van der Waals surface area contributed by atoms with Crippen LogP contribution in [0.5, 0.6) is 0 Å². The molecule has 0 spiro atoms. The molecule has 0 saturated carbocycles. The van der Waals surface area contributed by atoms with Crippen molar-refractivity contribution < 1.29 is 0 Å². The molecule has 0 bridgehead atoms. The maximum absolute atomic E-state index is 5.25. The summed E-state index contributed by atoms with van der Waals surface area (Å²) in [4.78, 5) is 8.17. The van der Waals surface area contributed by atoms with E-state index in [-0.39, 0.29) is 0 Å². The van der Waals surface area contributed by atoms with Crippen molar-refractivity contribution in [1.82, 2.24) is 4.98 Å². The number of pyridine rings is 1. The Morgan fingerprint density at radius 1 is 0.923 bits per heavy atom. The second-order valence-electron chi connectivity index (χ2n) is 8.22. The zero-order valence-electron chi connectivity index (χ0n) is 15.7. The minimum Gasteiger partial charge on any atom is -0.242 e. The van der Waals surface area contributed by atoms with Crippen LogP contribution in [-0.2, 0) is 25.7 Å².